The number of pyridine rings is 1. The number of aryl methyl sites for hydroxylation is 2. The van der Waals surface area contributed by atoms with Crippen LogP contribution in [0.5, 0.6) is 5.75 Å². The van der Waals surface area contributed by atoms with Crippen molar-refractivity contribution in [1.82, 2.24) is 13.7 Å². The van der Waals surface area contributed by atoms with Crippen LogP contribution in [-0.4, -0.2) is 25.0 Å². The molecule has 1 N–H and O–H groups in total. The lowest BCUT2D eigenvalue weighted by atomic mass is 10.1. The van der Waals surface area contributed by atoms with Gasteiger partial charge in [0.25, 0.3) is 11.1 Å². The first kappa shape index (κ1) is 20.1. The van der Waals surface area contributed by atoms with Gasteiger partial charge in [0, 0.05) is 27.4 Å². The maximum absolute atomic E-state index is 12.8. The Bertz CT molecular complexity index is 1510. The van der Waals surface area contributed by atoms with Crippen LogP contribution >= 0.6 is 0 Å². The van der Waals surface area contributed by atoms with Crippen LogP contribution in [-0.2, 0) is 21.1 Å². The zero-order chi connectivity index (χ0) is 22.3. The fourth-order valence-corrected chi connectivity index (χ4v) is 3.57. The maximum Gasteiger partial charge on any atom is 0.332 e. The number of aromatic hydroxyl groups is 1. The molecule has 2 aromatic heterocycles. The molecule has 2 aromatic carbocycles. The Kier molecular flexibility index (Phi) is 4.90. The van der Waals surface area contributed by atoms with Crippen molar-refractivity contribution < 1.29 is 5.11 Å². The molecule has 31 heavy (non-hydrogen) atoms. The van der Waals surface area contributed by atoms with Crippen LogP contribution in [0.2, 0.25) is 0 Å². The summed E-state index contributed by atoms with van der Waals surface area (Å²) in [5, 5.41) is 10.6. The summed E-state index contributed by atoms with van der Waals surface area (Å²) in [5.74, 6) is -0.501. The third-order valence-corrected chi connectivity index (χ3v) is 5.30. The molecular formula is C23H20N4O4. The minimum Gasteiger partial charge on any atom is -0.506 e. The first-order chi connectivity index (χ1) is 14.8. The van der Waals surface area contributed by atoms with E-state index in [0.717, 1.165) is 24.8 Å². The number of aromatic nitrogens is 3. The van der Waals surface area contributed by atoms with Crippen LogP contribution in [0, 0.1) is 0 Å². The molecule has 0 radical (unpaired) electrons. The van der Waals surface area contributed by atoms with Crippen molar-refractivity contribution in [2.75, 3.05) is 0 Å². The van der Waals surface area contributed by atoms with E-state index in [0.29, 0.717) is 5.69 Å². The van der Waals surface area contributed by atoms with Gasteiger partial charge in [0.1, 0.15) is 22.3 Å². The van der Waals surface area contributed by atoms with E-state index in [1.807, 2.05) is 42.5 Å². The highest BCUT2D eigenvalue weighted by Gasteiger charge is 2.20. The van der Waals surface area contributed by atoms with Crippen molar-refractivity contribution in [2.45, 2.75) is 0 Å². The summed E-state index contributed by atoms with van der Waals surface area (Å²) < 4.78 is 3.20. The molecule has 0 bridgehead atoms. The van der Waals surface area contributed by atoms with Crippen LogP contribution < -0.4 is 16.8 Å². The predicted molar refractivity (Wildman–Crippen MR) is 120 cm³/mol. The highest BCUT2D eigenvalue weighted by molar-refractivity contribution is 5.94. The Morgan fingerprint density at radius 3 is 2.03 bits per heavy atom. The van der Waals surface area contributed by atoms with Gasteiger partial charge in [-0.15, -0.1) is 0 Å². The topological polar surface area (TPSA) is 98.6 Å². The molecule has 2 heterocycles. The molecule has 0 atom stereocenters. The van der Waals surface area contributed by atoms with Gasteiger partial charge in [-0.3, -0.25) is 28.3 Å². The number of hydrogen-bond donors (Lipinski definition) is 1. The normalized spacial score (nSPS) is 11.5. The molecule has 0 fully saturated rings. The number of hydrogen-bond acceptors (Lipinski definition) is 5. The smallest absolute Gasteiger partial charge is 0.332 e. The summed E-state index contributed by atoms with van der Waals surface area (Å²) in [7, 11) is 4.19. The van der Waals surface area contributed by atoms with Crippen LogP contribution in [0.4, 0.5) is 5.69 Å². The molecule has 4 rings (SSSR count). The molecule has 8 nitrogen and oxygen atoms in total. The van der Waals surface area contributed by atoms with Crippen molar-refractivity contribution in [1.29, 1.82) is 0 Å². The molecule has 8 heteroatoms. The highest BCUT2D eigenvalue weighted by atomic mass is 16.3. The van der Waals surface area contributed by atoms with Gasteiger partial charge in [0.2, 0.25) is 0 Å². The van der Waals surface area contributed by atoms with E-state index in [1.54, 1.807) is 12.1 Å². The minimum atomic E-state index is -0.687. The van der Waals surface area contributed by atoms with Crippen molar-refractivity contribution >= 4 is 22.9 Å². The molecule has 0 aliphatic heterocycles. The van der Waals surface area contributed by atoms with Gasteiger partial charge in [0.15, 0.2) is 0 Å². The van der Waals surface area contributed by atoms with Crippen molar-refractivity contribution in [3.63, 3.8) is 0 Å². The van der Waals surface area contributed by atoms with Crippen LogP contribution in [0.15, 0.2) is 74.0 Å². The lowest BCUT2D eigenvalue weighted by Gasteiger charge is -2.13. The summed E-state index contributed by atoms with van der Waals surface area (Å²) in [6, 6.07) is 17.3. The number of fused-ring (bicyclic) bond motifs is 1. The molecule has 0 amide bonds. The highest BCUT2D eigenvalue weighted by Crippen LogP contribution is 2.24. The third kappa shape index (κ3) is 3.28. The summed E-state index contributed by atoms with van der Waals surface area (Å²) in [4.78, 5) is 41.9. The second-order valence-corrected chi connectivity index (χ2v) is 7.20. The van der Waals surface area contributed by atoms with Crippen molar-refractivity contribution in [3.05, 3.63) is 91.4 Å². The quantitative estimate of drug-likeness (QED) is 0.517. The third-order valence-electron chi connectivity index (χ3n) is 5.30. The van der Waals surface area contributed by atoms with Gasteiger partial charge < -0.3 is 5.11 Å². The molecule has 156 valence electrons. The average Bonchev–Trinajstić information content (AvgIpc) is 2.79. The maximum atomic E-state index is 12.8. The Morgan fingerprint density at radius 1 is 0.774 bits per heavy atom. The van der Waals surface area contributed by atoms with Gasteiger partial charge in [-0.05, 0) is 23.3 Å². The zero-order valence-electron chi connectivity index (χ0n) is 17.2. The Balaban J connectivity index is 1.82. The number of rotatable bonds is 3. The van der Waals surface area contributed by atoms with Gasteiger partial charge in [-0.1, -0.05) is 42.5 Å². The van der Waals surface area contributed by atoms with Gasteiger partial charge in [-0.2, -0.15) is 0 Å². The van der Waals surface area contributed by atoms with Gasteiger partial charge >= 0.3 is 5.69 Å². The largest absolute Gasteiger partial charge is 0.506 e. The Hall–Kier alpha value is -4.20. The molecule has 0 spiro atoms. The lowest BCUT2D eigenvalue weighted by Crippen LogP contribution is -2.40. The summed E-state index contributed by atoms with van der Waals surface area (Å²) in [5.41, 5.74) is 0.735. The fraction of sp³-hybridized carbons (Fsp3) is 0.130. The number of benzene rings is 2. The van der Waals surface area contributed by atoms with E-state index in [4.69, 9.17) is 0 Å². The molecule has 4 aromatic rings. The van der Waals surface area contributed by atoms with E-state index >= 15 is 0 Å². The van der Waals surface area contributed by atoms with Crippen molar-refractivity contribution in [3.8, 4) is 16.9 Å². The molecule has 0 saturated heterocycles. The molecular weight excluding hydrogens is 396 g/mol. The predicted octanol–water partition coefficient (Wildman–Crippen LogP) is 2.06. The average molecular weight is 416 g/mol. The summed E-state index contributed by atoms with van der Waals surface area (Å²) in [6.07, 6.45) is 1.24. The molecule has 0 saturated carbocycles. The van der Waals surface area contributed by atoms with E-state index in [1.165, 1.54) is 27.4 Å². The first-order valence-electron chi connectivity index (χ1n) is 9.52. The van der Waals surface area contributed by atoms with Gasteiger partial charge in [0.05, 0.1) is 5.69 Å². The van der Waals surface area contributed by atoms with E-state index in [9.17, 15) is 19.5 Å². The molecule has 0 unspecified atom stereocenters. The van der Waals surface area contributed by atoms with E-state index < -0.39 is 22.6 Å². The van der Waals surface area contributed by atoms with Gasteiger partial charge in [-0.25, -0.2) is 4.79 Å². The van der Waals surface area contributed by atoms with Crippen LogP contribution in [0.25, 0.3) is 22.2 Å². The second-order valence-electron chi connectivity index (χ2n) is 7.20. The zero-order valence-corrected chi connectivity index (χ0v) is 17.2. The number of nitrogens with zero attached hydrogens (tertiary/aromatic N) is 4. The molecule has 0 aliphatic rings. The van der Waals surface area contributed by atoms with E-state index in [-0.39, 0.29) is 16.6 Å². The first-order valence-corrected chi connectivity index (χ1v) is 9.52. The summed E-state index contributed by atoms with van der Waals surface area (Å²) in [6.45, 7) is 0. The molecule has 0 aliphatic carbocycles. The summed E-state index contributed by atoms with van der Waals surface area (Å²) >= 11 is 0. The van der Waals surface area contributed by atoms with Crippen LogP contribution in [0.3, 0.4) is 0 Å². The standard InChI is InChI=1S/C23H20N4O4/c1-25-20-18(22(30)27(3)23(31)26(20)2)19(28)17(21(25)29)13-24-16-11-9-15(10-12-16)14-7-5-4-6-8-14/h4-13,28H,1-3H3. The number of aliphatic imine (C=N–C) groups is 1. The minimum absolute atomic E-state index is 0.0416. The van der Waals surface area contributed by atoms with E-state index in [2.05, 4.69) is 4.99 Å². The van der Waals surface area contributed by atoms with Crippen LogP contribution in [0.1, 0.15) is 5.56 Å². The monoisotopic (exact) mass is 416 g/mol. The fourth-order valence-electron chi connectivity index (χ4n) is 3.57. The second kappa shape index (κ2) is 7.56. The SMILES string of the molecule is Cn1c(=O)c2c(O)c(C=Nc3ccc(-c4ccccc4)cc3)c(=O)n(C)c2n(C)c1=O. The lowest BCUT2D eigenvalue weighted by molar-refractivity contribution is 0.476. The Labute approximate surface area is 176 Å². The van der Waals surface area contributed by atoms with Crippen molar-refractivity contribution in [2.24, 2.45) is 26.1 Å². The Morgan fingerprint density at radius 2 is 1.39 bits per heavy atom.